The maximum atomic E-state index is 12.0. The van der Waals surface area contributed by atoms with Gasteiger partial charge in [0, 0.05) is 6.92 Å². The summed E-state index contributed by atoms with van der Waals surface area (Å²) in [5.74, 6) is -0.686. The quantitative estimate of drug-likeness (QED) is 0.135. The highest BCUT2D eigenvalue weighted by Gasteiger charge is 2.54. The number of hydrogen-bond acceptors (Lipinski definition) is 16. The van der Waals surface area contributed by atoms with Crippen LogP contribution in [0.3, 0.4) is 0 Å². The lowest BCUT2D eigenvalue weighted by Crippen LogP contribution is -2.69. The molecule has 0 saturated carbocycles. The summed E-state index contributed by atoms with van der Waals surface area (Å²) in [4.78, 5) is 12.0. The topological polar surface area (TPSA) is 278 Å². The highest BCUT2D eigenvalue weighted by Crippen LogP contribution is 2.32. The molecule has 3 aliphatic rings. The van der Waals surface area contributed by atoms with Gasteiger partial charge in [-0.25, -0.2) is 0 Å². The van der Waals surface area contributed by atoms with Crippen LogP contribution in [0.4, 0.5) is 0 Å². The monoisotopic (exact) mass is 545 g/mol. The smallest absolute Gasteiger partial charge is 0.217 e. The Hall–Kier alpha value is -1.13. The largest absolute Gasteiger partial charge is 0.394 e. The van der Waals surface area contributed by atoms with Crippen LogP contribution in [-0.4, -0.2) is 169 Å². The van der Waals surface area contributed by atoms with E-state index in [-0.39, 0.29) is 0 Å². The lowest BCUT2D eigenvalue weighted by molar-refractivity contribution is -0.363. The molecule has 15 atom stereocenters. The molecular formula is C20H35NO16. The minimum atomic E-state index is -1.87. The van der Waals surface area contributed by atoms with Crippen LogP contribution >= 0.6 is 0 Å². The number of aliphatic hydroxyl groups excluding tert-OH is 10. The van der Waals surface area contributed by atoms with Gasteiger partial charge in [-0.05, 0) is 0 Å². The van der Waals surface area contributed by atoms with Crippen LogP contribution in [0.15, 0.2) is 0 Å². The van der Waals surface area contributed by atoms with Crippen LogP contribution in [0.1, 0.15) is 6.92 Å². The van der Waals surface area contributed by atoms with Crippen molar-refractivity contribution in [1.82, 2.24) is 5.32 Å². The zero-order valence-electron chi connectivity index (χ0n) is 19.7. The van der Waals surface area contributed by atoms with Crippen LogP contribution in [0.25, 0.3) is 0 Å². The average Bonchev–Trinajstić information content (AvgIpc) is 2.87. The molecule has 17 nitrogen and oxygen atoms in total. The number of nitrogens with one attached hydrogen (secondary N) is 1. The minimum Gasteiger partial charge on any atom is -0.394 e. The summed E-state index contributed by atoms with van der Waals surface area (Å²) >= 11 is 0. The van der Waals surface area contributed by atoms with Gasteiger partial charge < -0.3 is 80.1 Å². The Morgan fingerprint density at radius 3 is 1.76 bits per heavy atom. The third-order valence-corrected chi connectivity index (χ3v) is 6.49. The molecule has 0 bridgehead atoms. The van der Waals surface area contributed by atoms with Crippen LogP contribution in [0.5, 0.6) is 0 Å². The Morgan fingerprint density at radius 1 is 0.649 bits per heavy atom. The molecule has 0 unspecified atom stereocenters. The highest BCUT2D eigenvalue weighted by atomic mass is 16.7. The van der Waals surface area contributed by atoms with Crippen molar-refractivity contribution in [2.75, 3.05) is 19.8 Å². The second-order valence-corrected chi connectivity index (χ2v) is 9.07. The number of carbonyl (C=O) groups excluding carboxylic acids is 1. The first-order valence-electron chi connectivity index (χ1n) is 11.6. The maximum absolute atomic E-state index is 12.0. The molecule has 0 aromatic heterocycles. The molecule has 3 heterocycles. The first kappa shape index (κ1) is 30.4. The van der Waals surface area contributed by atoms with E-state index >= 15 is 0 Å². The Morgan fingerprint density at radius 2 is 1.19 bits per heavy atom. The molecule has 0 radical (unpaired) electrons. The third-order valence-electron chi connectivity index (χ3n) is 6.49. The van der Waals surface area contributed by atoms with E-state index in [0.29, 0.717) is 0 Å². The summed E-state index contributed by atoms with van der Waals surface area (Å²) in [6.07, 6.45) is -23.3. The van der Waals surface area contributed by atoms with Gasteiger partial charge in [-0.3, -0.25) is 4.79 Å². The Bertz CT molecular complexity index is 743. The van der Waals surface area contributed by atoms with E-state index in [2.05, 4.69) is 5.32 Å². The Labute approximate surface area is 210 Å². The number of hydrogen-bond donors (Lipinski definition) is 11. The van der Waals surface area contributed by atoms with E-state index in [9.17, 15) is 55.9 Å². The summed E-state index contributed by atoms with van der Waals surface area (Å²) in [6.45, 7) is -1.25. The molecule has 17 heteroatoms. The SMILES string of the molecule is CC(=O)N[C@@H]1[C@H](O[C@H]2[C@H](O)[C@@H](O)[C@H](O)O[C@@H]2CO)O[C@H](CO)[C@@H](O)[C@@H]1O[C@H]1O[C@H](CO)[C@@H](O)[C@H](O)[C@H]1O. The number of aliphatic hydroxyl groups is 10. The van der Waals surface area contributed by atoms with Crippen molar-refractivity contribution >= 4 is 5.91 Å². The van der Waals surface area contributed by atoms with E-state index in [0.717, 1.165) is 6.92 Å². The van der Waals surface area contributed by atoms with Gasteiger partial charge in [0.2, 0.25) is 5.91 Å². The molecule has 0 aromatic rings. The van der Waals surface area contributed by atoms with E-state index in [1.54, 1.807) is 0 Å². The molecule has 37 heavy (non-hydrogen) atoms. The fourth-order valence-corrected chi connectivity index (χ4v) is 4.46. The van der Waals surface area contributed by atoms with Crippen LogP contribution in [-0.2, 0) is 28.5 Å². The number of amides is 1. The zero-order valence-corrected chi connectivity index (χ0v) is 19.7. The maximum Gasteiger partial charge on any atom is 0.217 e. The van der Waals surface area contributed by atoms with Crippen molar-refractivity contribution in [2.24, 2.45) is 0 Å². The van der Waals surface area contributed by atoms with Crippen molar-refractivity contribution in [3.8, 4) is 0 Å². The Kier molecular flexibility index (Phi) is 10.5. The molecule has 3 fully saturated rings. The first-order valence-corrected chi connectivity index (χ1v) is 11.6. The predicted octanol–water partition coefficient (Wildman–Crippen LogP) is -7.43. The molecule has 216 valence electrons. The second-order valence-electron chi connectivity index (χ2n) is 9.07. The van der Waals surface area contributed by atoms with Gasteiger partial charge in [-0.2, -0.15) is 0 Å². The van der Waals surface area contributed by atoms with E-state index in [4.69, 9.17) is 23.7 Å². The first-order chi connectivity index (χ1) is 17.4. The minimum absolute atomic E-state index is 0.686. The second kappa shape index (κ2) is 12.8. The number of carbonyl (C=O) groups is 1. The van der Waals surface area contributed by atoms with Gasteiger partial charge in [0.25, 0.3) is 0 Å². The summed E-state index contributed by atoms with van der Waals surface area (Å²) < 4.78 is 27.3. The molecular weight excluding hydrogens is 510 g/mol. The third kappa shape index (κ3) is 6.38. The zero-order chi connectivity index (χ0) is 27.6. The summed E-state index contributed by atoms with van der Waals surface area (Å²) in [6, 6.07) is -1.46. The fourth-order valence-electron chi connectivity index (χ4n) is 4.46. The van der Waals surface area contributed by atoms with Crippen LogP contribution < -0.4 is 5.32 Å². The van der Waals surface area contributed by atoms with E-state index < -0.39 is 118 Å². The van der Waals surface area contributed by atoms with Gasteiger partial charge in [0.15, 0.2) is 18.9 Å². The van der Waals surface area contributed by atoms with Crippen molar-refractivity contribution in [2.45, 2.75) is 99.0 Å². The number of rotatable bonds is 8. The molecule has 0 aliphatic carbocycles. The lowest BCUT2D eigenvalue weighted by atomic mass is 9.94. The highest BCUT2D eigenvalue weighted by molar-refractivity contribution is 5.73. The number of ether oxygens (including phenoxy) is 5. The van der Waals surface area contributed by atoms with Gasteiger partial charge in [-0.15, -0.1) is 0 Å². The Balaban J connectivity index is 1.90. The van der Waals surface area contributed by atoms with Crippen molar-refractivity contribution < 1.29 is 79.5 Å². The van der Waals surface area contributed by atoms with Crippen molar-refractivity contribution in [3.63, 3.8) is 0 Å². The lowest BCUT2D eigenvalue weighted by Gasteiger charge is -2.49. The molecule has 0 spiro atoms. The van der Waals surface area contributed by atoms with Gasteiger partial charge in [0.05, 0.1) is 19.8 Å². The fraction of sp³-hybridized carbons (Fsp3) is 0.950. The van der Waals surface area contributed by atoms with Crippen LogP contribution in [0, 0.1) is 0 Å². The summed E-state index contributed by atoms with van der Waals surface area (Å²) in [5.41, 5.74) is 0. The van der Waals surface area contributed by atoms with Crippen LogP contribution in [0.2, 0.25) is 0 Å². The molecule has 3 saturated heterocycles. The average molecular weight is 545 g/mol. The molecule has 0 aromatic carbocycles. The van der Waals surface area contributed by atoms with Gasteiger partial charge in [-0.1, -0.05) is 0 Å². The van der Waals surface area contributed by atoms with Crippen molar-refractivity contribution in [1.29, 1.82) is 0 Å². The van der Waals surface area contributed by atoms with Gasteiger partial charge >= 0.3 is 0 Å². The predicted molar refractivity (Wildman–Crippen MR) is 113 cm³/mol. The van der Waals surface area contributed by atoms with Gasteiger partial charge in [0.1, 0.15) is 73.2 Å². The molecule has 1 amide bonds. The standard InChI is InChI=1S/C20H35NO16/c1-5(25)21-9-17(37-20-15(31)12(28)10(26)6(2-22)35-20)11(27)7(3-23)34-19(9)36-16-8(4-24)33-18(32)14(30)13(16)29/h6-20,22-24,26-32H,2-4H2,1H3,(H,21,25)/t6-,7-,8-,9+,10-,11-,12+,13-,14-,15-,16-,17-,18-,19+,20-/m1/s1. The van der Waals surface area contributed by atoms with Crippen molar-refractivity contribution in [3.05, 3.63) is 0 Å². The van der Waals surface area contributed by atoms with E-state index in [1.165, 1.54) is 0 Å². The molecule has 11 N–H and O–H groups in total. The molecule has 3 rings (SSSR count). The summed E-state index contributed by atoms with van der Waals surface area (Å²) in [7, 11) is 0. The summed E-state index contributed by atoms with van der Waals surface area (Å²) in [5, 5.41) is 103. The molecule has 3 aliphatic heterocycles. The normalized spacial score (nSPS) is 49.0. The van der Waals surface area contributed by atoms with E-state index in [1.807, 2.05) is 0 Å².